The van der Waals surface area contributed by atoms with E-state index in [1.165, 1.54) is 19.3 Å². The highest BCUT2D eigenvalue weighted by atomic mass is 16.4. The molecule has 2 aliphatic rings. The Bertz CT molecular complexity index is 263. The molecule has 2 fully saturated rings. The SMILES string of the molecule is CCCN(CC1CC1)C1CCCCC1C(=O)O. The Morgan fingerprint density at radius 2 is 1.94 bits per heavy atom. The predicted molar refractivity (Wildman–Crippen MR) is 68.0 cm³/mol. The third-order valence-electron chi connectivity index (χ3n) is 4.22. The summed E-state index contributed by atoms with van der Waals surface area (Å²) in [4.78, 5) is 13.8. The molecule has 2 aliphatic carbocycles. The monoisotopic (exact) mass is 239 g/mol. The summed E-state index contributed by atoms with van der Waals surface area (Å²) in [5, 5.41) is 9.35. The van der Waals surface area contributed by atoms with Gasteiger partial charge in [0.25, 0.3) is 0 Å². The predicted octanol–water partition coefficient (Wildman–Crippen LogP) is 2.75. The summed E-state index contributed by atoms with van der Waals surface area (Å²) in [7, 11) is 0. The molecule has 0 bridgehead atoms. The van der Waals surface area contributed by atoms with Crippen LogP contribution in [0.5, 0.6) is 0 Å². The molecule has 17 heavy (non-hydrogen) atoms. The number of carbonyl (C=O) groups is 1. The lowest BCUT2D eigenvalue weighted by atomic mass is 9.83. The Balaban J connectivity index is 1.99. The van der Waals surface area contributed by atoms with Gasteiger partial charge in [0.2, 0.25) is 0 Å². The van der Waals surface area contributed by atoms with Crippen LogP contribution < -0.4 is 0 Å². The summed E-state index contributed by atoms with van der Waals surface area (Å²) >= 11 is 0. The minimum Gasteiger partial charge on any atom is -0.481 e. The molecule has 98 valence electrons. The fraction of sp³-hybridized carbons (Fsp3) is 0.929. The van der Waals surface area contributed by atoms with E-state index in [1.54, 1.807) is 0 Å². The second-order valence-electron chi connectivity index (χ2n) is 5.73. The van der Waals surface area contributed by atoms with E-state index in [-0.39, 0.29) is 5.92 Å². The fourth-order valence-electron chi connectivity index (χ4n) is 3.15. The number of rotatable bonds is 6. The summed E-state index contributed by atoms with van der Waals surface area (Å²) < 4.78 is 0. The van der Waals surface area contributed by atoms with Gasteiger partial charge in [-0.2, -0.15) is 0 Å². The van der Waals surface area contributed by atoms with Gasteiger partial charge in [-0.3, -0.25) is 9.69 Å². The minimum absolute atomic E-state index is 0.117. The topological polar surface area (TPSA) is 40.5 Å². The van der Waals surface area contributed by atoms with Crippen molar-refractivity contribution in [2.75, 3.05) is 13.1 Å². The van der Waals surface area contributed by atoms with Gasteiger partial charge in [0.05, 0.1) is 5.92 Å². The van der Waals surface area contributed by atoms with Crippen LogP contribution in [0.15, 0.2) is 0 Å². The molecular weight excluding hydrogens is 214 g/mol. The van der Waals surface area contributed by atoms with Crippen molar-refractivity contribution in [2.24, 2.45) is 11.8 Å². The van der Waals surface area contributed by atoms with E-state index >= 15 is 0 Å². The molecule has 0 aromatic heterocycles. The van der Waals surface area contributed by atoms with Crippen LogP contribution in [0.25, 0.3) is 0 Å². The van der Waals surface area contributed by atoms with Crippen molar-refractivity contribution in [2.45, 2.75) is 57.9 Å². The number of carboxylic acid groups (broad SMARTS) is 1. The summed E-state index contributed by atoms with van der Waals surface area (Å²) in [6.45, 7) is 4.41. The summed E-state index contributed by atoms with van der Waals surface area (Å²) in [6, 6.07) is 0.307. The van der Waals surface area contributed by atoms with Gasteiger partial charge < -0.3 is 5.11 Å². The number of aliphatic carboxylic acids is 1. The molecule has 3 heteroatoms. The average Bonchev–Trinajstić information content (AvgIpc) is 3.12. The normalized spacial score (nSPS) is 29.5. The molecule has 0 radical (unpaired) electrons. The molecule has 2 rings (SSSR count). The maximum atomic E-state index is 11.3. The average molecular weight is 239 g/mol. The van der Waals surface area contributed by atoms with Crippen molar-refractivity contribution in [1.29, 1.82) is 0 Å². The van der Waals surface area contributed by atoms with Crippen molar-refractivity contribution in [3.05, 3.63) is 0 Å². The van der Waals surface area contributed by atoms with Crippen molar-refractivity contribution in [1.82, 2.24) is 4.90 Å². The smallest absolute Gasteiger partial charge is 0.308 e. The largest absolute Gasteiger partial charge is 0.481 e. The highest BCUT2D eigenvalue weighted by molar-refractivity contribution is 5.71. The molecule has 0 aliphatic heterocycles. The molecule has 2 atom stereocenters. The quantitative estimate of drug-likeness (QED) is 0.775. The lowest BCUT2D eigenvalue weighted by Gasteiger charge is -2.38. The Morgan fingerprint density at radius 1 is 1.24 bits per heavy atom. The number of nitrogens with zero attached hydrogens (tertiary/aromatic N) is 1. The highest BCUT2D eigenvalue weighted by Crippen LogP contribution is 2.34. The van der Waals surface area contributed by atoms with Crippen LogP contribution in [0.2, 0.25) is 0 Å². The van der Waals surface area contributed by atoms with Crippen molar-refractivity contribution in [3.63, 3.8) is 0 Å². The number of hydrogen-bond donors (Lipinski definition) is 1. The second kappa shape index (κ2) is 5.85. The van der Waals surface area contributed by atoms with E-state index in [2.05, 4.69) is 11.8 Å². The van der Waals surface area contributed by atoms with E-state index in [0.717, 1.165) is 44.7 Å². The van der Waals surface area contributed by atoms with Crippen LogP contribution in [0.3, 0.4) is 0 Å². The van der Waals surface area contributed by atoms with Crippen LogP contribution in [0.4, 0.5) is 0 Å². The zero-order chi connectivity index (χ0) is 12.3. The zero-order valence-electron chi connectivity index (χ0n) is 10.9. The van der Waals surface area contributed by atoms with E-state index in [4.69, 9.17) is 0 Å². The van der Waals surface area contributed by atoms with Gasteiger partial charge in [0, 0.05) is 12.6 Å². The van der Waals surface area contributed by atoms with Crippen LogP contribution in [0.1, 0.15) is 51.9 Å². The van der Waals surface area contributed by atoms with Gasteiger partial charge in [-0.05, 0) is 44.6 Å². The molecule has 0 heterocycles. The highest BCUT2D eigenvalue weighted by Gasteiger charge is 2.36. The summed E-state index contributed by atoms with van der Waals surface area (Å²) in [5.41, 5.74) is 0. The second-order valence-corrected chi connectivity index (χ2v) is 5.73. The lowest BCUT2D eigenvalue weighted by molar-refractivity contribution is -0.145. The molecule has 1 N–H and O–H groups in total. The molecule has 2 saturated carbocycles. The van der Waals surface area contributed by atoms with Crippen LogP contribution >= 0.6 is 0 Å². The van der Waals surface area contributed by atoms with Crippen molar-refractivity contribution in [3.8, 4) is 0 Å². The standard InChI is InChI=1S/C14H25NO2/c1-2-9-15(10-11-7-8-11)13-6-4-3-5-12(13)14(16)17/h11-13H,2-10H2,1H3,(H,16,17). The van der Waals surface area contributed by atoms with Gasteiger partial charge >= 0.3 is 5.97 Å². The van der Waals surface area contributed by atoms with Crippen molar-refractivity contribution < 1.29 is 9.90 Å². The first-order valence-electron chi connectivity index (χ1n) is 7.19. The van der Waals surface area contributed by atoms with Gasteiger partial charge in [-0.25, -0.2) is 0 Å². The maximum Gasteiger partial charge on any atom is 0.308 e. The molecule has 0 aromatic carbocycles. The van der Waals surface area contributed by atoms with Gasteiger partial charge in [-0.15, -0.1) is 0 Å². The van der Waals surface area contributed by atoms with E-state index < -0.39 is 5.97 Å². The van der Waals surface area contributed by atoms with E-state index in [9.17, 15) is 9.90 Å². The first-order valence-corrected chi connectivity index (χ1v) is 7.19. The first kappa shape index (κ1) is 12.9. The van der Waals surface area contributed by atoms with E-state index in [1.807, 2.05) is 0 Å². The molecule has 0 aromatic rings. The molecule has 0 spiro atoms. The van der Waals surface area contributed by atoms with E-state index in [0.29, 0.717) is 6.04 Å². The Kier molecular flexibility index (Phi) is 4.43. The van der Waals surface area contributed by atoms with Gasteiger partial charge in [0.1, 0.15) is 0 Å². The molecular formula is C14H25NO2. The third kappa shape index (κ3) is 3.44. The van der Waals surface area contributed by atoms with Gasteiger partial charge in [0.15, 0.2) is 0 Å². The Morgan fingerprint density at radius 3 is 2.53 bits per heavy atom. The maximum absolute atomic E-state index is 11.3. The molecule has 2 unspecified atom stereocenters. The molecule has 0 amide bonds. The van der Waals surface area contributed by atoms with Crippen LogP contribution in [-0.2, 0) is 4.79 Å². The summed E-state index contributed by atoms with van der Waals surface area (Å²) in [6.07, 6.45) is 8.11. The third-order valence-corrected chi connectivity index (χ3v) is 4.22. The molecule has 0 saturated heterocycles. The van der Waals surface area contributed by atoms with Crippen LogP contribution in [0, 0.1) is 11.8 Å². The Labute approximate surface area is 104 Å². The lowest BCUT2D eigenvalue weighted by Crippen LogP contribution is -2.46. The van der Waals surface area contributed by atoms with Crippen LogP contribution in [-0.4, -0.2) is 35.1 Å². The fourth-order valence-corrected chi connectivity index (χ4v) is 3.15. The number of hydrogen-bond acceptors (Lipinski definition) is 2. The summed E-state index contributed by atoms with van der Waals surface area (Å²) in [5.74, 6) is 0.165. The van der Waals surface area contributed by atoms with Gasteiger partial charge in [-0.1, -0.05) is 19.8 Å². The minimum atomic E-state index is -0.577. The van der Waals surface area contributed by atoms with Crippen molar-refractivity contribution >= 4 is 5.97 Å². The molecule has 3 nitrogen and oxygen atoms in total. The zero-order valence-corrected chi connectivity index (χ0v) is 10.9. The Hall–Kier alpha value is -0.570. The number of carboxylic acids is 1. The first-order chi connectivity index (χ1) is 8.22.